The molecule has 0 amide bonds. The number of anilines is 1. The van der Waals surface area contributed by atoms with Crippen molar-refractivity contribution >= 4 is 5.69 Å². The molecule has 1 fully saturated rings. The summed E-state index contributed by atoms with van der Waals surface area (Å²) >= 11 is 0. The van der Waals surface area contributed by atoms with E-state index in [0.29, 0.717) is 12.1 Å². The van der Waals surface area contributed by atoms with E-state index in [1.54, 1.807) is 0 Å². The molecule has 2 nitrogen and oxygen atoms in total. The van der Waals surface area contributed by atoms with Gasteiger partial charge in [0.25, 0.3) is 0 Å². The minimum absolute atomic E-state index is 0.565. The minimum Gasteiger partial charge on any atom is -0.367 e. The van der Waals surface area contributed by atoms with E-state index in [0.717, 1.165) is 13.1 Å². The van der Waals surface area contributed by atoms with E-state index >= 15 is 0 Å². The molecule has 1 N–H and O–H groups in total. The summed E-state index contributed by atoms with van der Waals surface area (Å²) in [6.45, 7) is 13.5. The van der Waals surface area contributed by atoms with E-state index < -0.39 is 0 Å². The quantitative estimate of drug-likeness (QED) is 0.818. The molecule has 2 rings (SSSR count). The molecule has 0 aliphatic carbocycles. The molecular weight excluding hydrogens is 220 g/mol. The lowest BCUT2D eigenvalue weighted by Gasteiger charge is -2.32. The second-order valence-electron chi connectivity index (χ2n) is 5.89. The van der Waals surface area contributed by atoms with Crippen LogP contribution in [0.4, 0.5) is 5.69 Å². The second-order valence-corrected chi connectivity index (χ2v) is 5.89. The number of nitrogens with one attached hydrogen (secondary N) is 1. The van der Waals surface area contributed by atoms with Crippen LogP contribution < -0.4 is 10.2 Å². The molecule has 1 aromatic rings. The summed E-state index contributed by atoms with van der Waals surface area (Å²) < 4.78 is 0. The summed E-state index contributed by atoms with van der Waals surface area (Å²) in [7, 11) is 0. The maximum atomic E-state index is 3.60. The Kier molecular flexibility index (Phi) is 3.96. The standard InChI is InChI=1S/C16H26N2/c1-11-8-12(2)16(13(3)9-11)18-7-6-14(4)17-10-15(18)5/h8-9,14-15,17H,6-7,10H2,1-5H3. The van der Waals surface area contributed by atoms with Gasteiger partial charge in [-0.1, -0.05) is 17.7 Å². The van der Waals surface area contributed by atoms with Crippen molar-refractivity contribution in [1.29, 1.82) is 0 Å². The zero-order chi connectivity index (χ0) is 13.3. The molecule has 0 radical (unpaired) electrons. The number of hydrogen-bond donors (Lipinski definition) is 1. The number of aryl methyl sites for hydroxylation is 3. The Hall–Kier alpha value is -1.02. The molecule has 0 aromatic heterocycles. The largest absolute Gasteiger partial charge is 0.367 e. The summed E-state index contributed by atoms with van der Waals surface area (Å²) in [5.41, 5.74) is 5.63. The number of hydrogen-bond acceptors (Lipinski definition) is 2. The summed E-state index contributed by atoms with van der Waals surface area (Å²) in [4.78, 5) is 2.58. The number of benzene rings is 1. The highest BCUT2D eigenvalue weighted by Crippen LogP contribution is 2.29. The molecule has 1 aliphatic rings. The topological polar surface area (TPSA) is 15.3 Å². The number of nitrogens with zero attached hydrogens (tertiary/aromatic N) is 1. The van der Waals surface area contributed by atoms with Gasteiger partial charge in [0.2, 0.25) is 0 Å². The van der Waals surface area contributed by atoms with E-state index in [-0.39, 0.29) is 0 Å². The summed E-state index contributed by atoms with van der Waals surface area (Å²) in [6, 6.07) is 5.80. The molecule has 2 heteroatoms. The van der Waals surface area contributed by atoms with Crippen molar-refractivity contribution in [2.45, 2.75) is 53.1 Å². The van der Waals surface area contributed by atoms with Crippen molar-refractivity contribution in [3.63, 3.8) is 0 Å². The van der Waals surface area contributed by atoms with Crippen molar-refractivity contribution in [3.05, 3.63) is 28.8 Å². The normalized spacial score (nSPS) is 25.1. The minimum atomic E-state index is 0.565. The second kappa shape index (κ2) is 5.31. The molecule has 2 atom stereocenters. The first-order valence-electron chi connectivity index (χ1n) is 7.07. The van der Waals surface area contributed by atoms with E-state index in [1.165, 1.54) is 28.8 Å². The van der Waals surface area contributed by atoms with Crippen molar-refractivity contribution < 1.29 is 0 Å². The lowest BCUT2D eigenvalue weighted by Crippen LogP contribution is -2.38. The van der Waals surface area contributed by atoms with Crippen LogP contribution in [0.1, 0.15) is 37.0 Å². The fraction of sp³-hybridized carbons (Fsp3) is 0.625. The zero-order valence-corrected chi connectivity index (χ0v) is 12.4. The van der Waals surface area contributed by atoms with Gasteiger partial charge in [-0.25, -0.2) is 0 Å². The maximum absolute atomic E-state index is 3.60. The predicted octanol–water partition coefficient (Wildman–Crippen LogP) is 3.19. The summed E-state index contributed by atoms with van der Waals surface area (Å²) in [5.74, 6) is 0. The van der Waals surface area contributed by atoms with Gasteiger partial charge in [0.1, 0.15) is 0 Å². The fourth-order valence-electron chi connectivity index (χ4n) is 3.09. The van der Waals surface area contributed by atoms with Crippen LogP contribution in [-0.4, -0.2) is 25.2 Å². The van der Waals surface area contributed by atoms with Gasteiger partial charge in [-0.15, -0.1) is 0 Å². The molecule has 1 saturated heterocycles. The molecule has 1 aliphatic heterocycles. The third kappa shape index (κ3) is 2.69. The summed E-state index contributed by atoms with van der Waals surface area (Å²) in [6.07, 6.45) is 1.22. The van der Waals surface area contributed by atoms with Crippen molar-refractivity contribution in [2.75, 3.05) is 18.0 Å². The highest BCUT2D eigenvalue weighted by molar-refractivity contribution is 5.61. The first-order valence-corrected chi connectivity index (χ1v) is 7.07. The molecule has 1 aromatic carbocycles. The lowest BCUT2D eigenvalue weighted by molar-refractivity contribution is 0.548. The molecular formula is C16H26N2. The third-order valence-corrected chi connectivity index (χ3v) is 4.02. The highest BCUT2D eigenvalue weighted by atomic mass is 15.2. The Balaban J connectivity index is 2.35. The van der Waals surface area contributed by atoms with Gasteiger partial charge in [0.05, 0.1) is 0 Å². The average Bonchev–Trinajstić information content (AvgIpc) is 2.43. The van der Waals surface area contributed by atoms with Crippen LogP contribution in [0.5, 0.6) is 0 Å². The molecule has 0 saturated carbocycles. The van der Waals surface area contributed by atoms with Gasteiger partial charge in [-0.2, -0.15) is 0 Å². The molecule has 2 unspecified atom stereocenters. The van der Waals surface area contributed by atoms with Crippen molar-refractivity contribution in [1.82, 2.24) is 5.32 Å². The van der Waals surface area contributed by atoms with E-state index in [4.69, 9.17) is 0 Å². The third-order valence-electron chi connectivity index (χ3n) is 4.02. The smallest absolute Gasteiger partial charge is 0.0428 e. The SMILES string of the molecule is Cc1cc(C)c(N2CCC(C)NCC2C)c(C)c1. The van der Waals surface area contributed by atoms with Crippen LogP contribution in [0, 0.1) is 20.8 Å². The Bertz CT molecular complexity index is 402. The Labute approximate surface area is 111 Å². The molecule has 100 valence electrons. The van der Waals surface area contributed by atoms with Crippen LogP contribution in [-0.2, 0) is 0 Å². The molecule has 0 bridgehead atoms. The average molecular weight is 246 g/mol. The Morgan fingerprint density at radius 3 is 2.33 bits per heavy atom. The van der Waals surface area contributed by atoms with Gasteiger partial charge < -0.3 is 10.2 Å². The van der Waals surface area contributed by atoms with E-state index in [1.807, 2.05) is 0 Å². The maximum Gasteiger partial charge on any atom is 0.0428 e. The fourth-order valence-corrected chi connectivity index (χ4v) is 3.09. The Morgan fingerprint density at radius 2 is 1.72 bits per heavy atom. The monoisotopic (exact) mass is 246 g/mol. The van der Waals surface area contributed by atoms with Crippen LogP contribution in [0.25, 0.3) is 0 Å². The summed E-state index contributed by atoms with van der Waals surface area (Å²) in [5, 5.41) is 3.60. The van der Waals surface area contributed by atoms with Gasteiger partial charge in [-0.3, -0.25) is 0 Å². The van der Waals surface area contributed by atoms with E-state index in [2.05, 4.69) is 57.0 Å². The van der Waals surface area contributed by atoms with Gasteiger partial charge in [0.15, 0.2) is 0 Å². The highest BCUT2D eigenvalue weighted by Gasteiger charge is 2.22. The first-order chi connectivity index (χ1) is 8.49. The van der Waals surface area contributed by atoms with E-state index in [9.17, 15) is 0 Å². The van der Waals surface area contributed by atoms with Gasteiger partial charge in [-0.05, 0) is 52.2 Å². The van der Waals surface area contributed by atoms with Crippen LogP contribution in [0.3, 0.4) is 0 Å². The van der Waals surface area contributed by atoms with Crippen molar-refractivity contribution in [2.24, 2.45) is 0 Å². The van der Waals surface area contributed by atoms with Gasteiger partial charge >= 0.3 is 0 Å². The Morgan fingerprint density at radius 1 is 1.11 bits per heavy atom. The molecule has 1 heterocycles. The predicted molar refractivity (Wildman–Crippen MR) is 79.5 cm³/mol. The molecule has 0 spiro atoms. The zero-order valence-electron chi connectivity index (χ0n) is 12.4. The lowest BCUT2D eigenvalue weighted by atomic mass is 10.0. The van der Waals surface area contributed by atoms with Crippen LogP contribution >= 0.6 is 0 Å². The van der Waals surface area contributed by atoms with Gasteiger partial charge in [0, 0.05) is 30.9 Å². The van der Waals surface area contributed by atoms with Crippen molar-refractivity contribution in [3.8, 4) is 0 Å². The van der Waals surface area contributed by atoms with Crippen LogP contribution in [0.15, 0.2) is 12.1 Å². The number of rotatable bonds is 1. The first kappa shape index (κ1) is 13.4. The molecule has 18 heavy (non-hydrogen) atoms. The van der Waals surface area contributed by atoms with Crippen LogP contribution in [0.2, 0.25) is 0 Å².